The lowest BCUT2D eigenvalue weighted by Crippen LogP contribution is -2.39. The zero-order chi connectivity index (χ0) is 13.0. The van der Waals surface area contributed by atoms with Crippen LogP contribution in [-0.4, -0.2) is 62.9 Å². The van der Waals surface area contributed by atoms with E-state index in [9.17, 15) is 4.79 Å². The van der Waals surface area contributed by atoms with E-state index < -0.39 is 0 Å². The molecule has 1 N–H and O–H groups in total. The van der Waals surface area contributed by atoms with Crippen molar-refractivity contribution in [3.05, 3.63) is 0 Å². The van der Waals surface area contributed by atoms with Crippen LogP contribution >= 0.6 is 0 Å². The van der Waals surface area contributed by atoms with Crippen molar-refractivity contribution in [2.45, 2.75) is 20.0 Å². The normalized spacial score (nSPS) is 28.4. The molecular formula is C13H24N2O3. The highest BCUT2D eigenvalue weighted by molar-refractivity contribution is 5.80. The minimum atomic E-state index is -0.350. The molecule has 1 unspecified atom stereocenters. The second kappa shape index (κ2) is 6.50. The molecule has 0 bridgehead atoms. The van der Waals surface area contributed by atoms with Gasteiger partial charge in [-0.1, -0.05) is 0 Å². The molecule has 5 heteroatoms. The van der Waals surface area contributed by atoms with Crippen molar-refractivity contribution < 1.29 is 14.3 Å². The molecule has 3 atom stereocenters. The summed E-state index contributed by atoms with van der Waals surface area (Å²) in [6.45, 7) is 9.39. The fourth-order valence-corrected chi connectivity index (χ4v) is 2.79. The van der Waals surface area contributed by atoms with Crippen molar-refractivity contribution in [1.82, 2.24) is 10.2 Å². The number of carbonyl (C=O) groups is 1. The molecule has 0 aromatic heterocycles. The molecule has 2 aliphatic rings. The van der Waals surface area contributed by atoms with Gasteiger partial charge < -0.3 is 19.7 Å². The van der Waals surface area contributed by atoms with E-state index in [0.29, 0.717) is 31.7 Å². The number of likely N-dealkylation sites (tertiary alicyclic amines) is 1. The highest BCUT2D eigenvalue weighted by Crippen LogP contribution is 2.26. The quantitative estimate of drug-likeness (QED) is 0.685. The molecule has 0 radical (unpaired) electrons. The number of fused-ring (bicyclic) bond motifs is 1. The Kier molecular flexibility index (Phi) is 4.97. The Morgan fingerprint density at radius 3 is 2.61 bits per heavy atom. The predicted molar refractivity (Wildman–Crippen MR) is 68.3 cm³/mol. The Hall–Kier alpha value is -0.650. The van der Waals surface area contributed by atoms with E-state index in [-0.39, 0.29) is 12.0 Å². The van der Waals surface area contributed by atoms with Crippen LogP contribution in [0.3, 0.4) is 0 Å². The maximum atomic E-state index is 12.2. The van der Waals surface area contributed by atoms with E-state index in [1.165, 1.54) is 0 Å². The maximum Gasteiger partial charge on any atom is 0.251 e. The van der Waals surface area contributed by atoms with Gasteiger partial charge in [0.2, 0.25) is 0 Å². The van der Waals surface area contributed by atoms with Gasteiger partial charge in [0, 0.05) is 32.8 Å². The summed E-state index contributed by atoms with van der Waals surface area (Å²) >= 11 is 0. The summed E-state index contributed by atoms with van der Waals surface area (Å²) in [6, 6.07) is 0. The molecule has 2 saturated heterocycles. The predicted octanol–water partition coefficient (Wildman–Crippen LogP) is 0.106. The average Bonchev–Trinajstić information content (AvgIpc) is 2.94. The SMILES string of the molecule is CCOCCOC(C)C(=O)N1C[C@H]2CNC[C@H]2C1. The molecule has 0 saturated carbocycles. The van der Waals surface area contributed by atoms with Gasteiger partial charge in [0.05, 0.1) is 13.2 Å². The summed E-state index contributed by atoms with van der Waals surface area (Å²) in [4.78, 5) is 14.1. The van der Waals surface area contributed by atoms with Crippen LogP contribution in [-0.2, 0) is 14.3 Å². The number of hydrogen-bond acceptors (Lipinski definition) is 4. The number of amides is 1. The van der Waals surface area contributed by atoms with Crippen LogP contribution in [0.25, 0.3) is 0 Å². The van der Waals surface area contributed by atoms with E-state index in [1.807, 2.05) is 18.7 Å². The number of carbonyl (C=O) groups excluding carboxylic acids is 1. The number of nitrogens with zero attached hydrogens (tertiary/aromatic N) is 1. The molecule has 18 heavy (non-hydrogen) atoms. The van der Waals surface area contributed by atoms with Gasteiger partial charge in [0.25, 0.3) is 5.91 Å². The molecule has 0 aliphatic carbocycles. The summed E-state index contributed by atoms with van der Waals surface area (Å²) in [5.74, 6) is 1.41. The minimum absolute atomic E-state index is 0.126. The lowest BCUT2D eigenvalue weighted by atomic mass is 10.0. The molecule has 2 heterocycles. The molecule has 0 aromatic carbocycles. The third-order valence-electron chi connectivity index (χ3n) is 3.85. The van der Waals surface area contributed by atoms with Crippen LogP contribution in [0.4, 0.5) is 0 Å². The van der Waals surface area contributed by atoms with Gasteiger partial charge in [-0.05, 0) is 25.7 Å². The van der Waals surface area contributed by atoms with E-state index in [4.69, 9.17) is 9.47 Å². The van der Waals surface area contributed by atoms with E-state index in [1.54, 1.807) is 0 Å². The fraction of sp³-hybridized carbons (Fsp3) is 0.923. The number of rotatable bonds is 6. The van der Waals surface area contributed by atoms with Crippen molar-refractivity contribution in [3.63, 3.8) is 0 Å². The standard InChI is InChI=1S/C13H24N2O3/c1-3-17-4-5-18-10(2)13(16)15-8-11-6-14-7-12(11)9-15/h10-12,14H,3-9H2,1-2H3/t10?,11-,12+. The molecule has 0 spiro atoms. The first-order chi connectivity index (χ1) is 8.72. The zero-order valence-electron chi connectivity index (χ0n) is 11.4. The number of ether oxygens (including phenoxy) is 2. The zero-order valence-corrected chi connectivity index (χ0v) is 11.4. The van der Waals surface area contributed by atoms with Crippen molar-refractivity contribution in [1.29, 1.82) is 0 Å². The highest BCUT2D eigenvalue weighted by atomic mass is 16.5. The second-order valence-corrected chi connectivity index (χ2v) is 5.13. The number of hydrogen-bond donors (Lipinski definition) is 1. The largest absolute Gasteiger partial charge is 0.379 e. The Balaban J connectivity index is 1.70. The fourth-order valence-electron chi connectivity index (χ4n) is 2.79. The van der Waals surface area contributed by atoms with Gasteiger partial charge in [-0.3, -0.25) is 4.79 Å². The van der Waals surface area contributed by atoms with Gasteiger partial charge in [-0.15, -0.1) is 0 Å². The van der Waals surface area contributed by atoms with Gasteiger partial charge in [-0.2, -0.15) is 0 Å². The maximum absolute atomic E-state index is 12.2. The molecule has 1 amide bonds. The molecular weight excluding hydrogens is 232 g/mol. The minimum Gasteiger partial charge on any atom is -0.379 e. The lowest BCUT2D eigenvalue weighted by molar-refractivity contribution is -0.142. The van der Waals surface area contributed by atoms with E-state index >= 15 is 0 Å². The Labute approximate surface area is 109 Å². The molecule has 5 nitrogen and oxygen atoms in total. The van der Waals surface area contributed by atoms with Gasteiger partial charge in [0.1, 0.15) is 6.10 Å². The van der Waals surface area contributed by atoms with Crippen LogP contribution in [0.5, 0.6) is 0 Å². The van der Waals surface area contributed by atoms with Crippen molar-refractivity contribution in [2.75, 3.05) is 46.0 Å². The average molecular weight is 256 g/mol. The summed E-state index contributed by atoms with van der Waals surface area (Å²) < 4.78 is 10.7. The monoisotopic (exact) mass is 256 g/mol. The topological polar surface area (TPSA) is 50.8 Å². The first-order valence-electron chi connectivity index (χ1n) is 6.91. The third-order valence-corrected chi connectivity index (χ3v) is 3.85. The Morgan fingerprint density at radius 1 is 1.33 bits per heavy atom. The smallest absolute Gasteiger partial charge is 0.251 e. The van der Waals surface area contributed by atoms with E-state index in [2.05, 4.69) is 5.32 Å². The van der Waals surface area contributed by atoms with E-state index in [0.717, 1.165) is 26.2 Å². The van der Waals surface area contributed by atoms with Gasteiger partial charge in [0.15, 0.2) is 0 Å². The summed E-state index contributed by atoms with van der Waals surface area (Å²) in [5.41, 5.74) is 0. The Bertz CT molecular complexity index is 273. The van der Waals surface area contributed by atoms with Crippen molar-refractivity contribution >= 4 is 5.91 Å². The van der Waals surface area contributed by atoms with Crippen LogP contribution in [0.2, 0.25) is 0 Å². The highest BCUT2D eigenvalue weighted by Gasteiger charge is 2.39. The van der Waals surface area contributed by atoms with Crippen LogP contribution in [0.15, 0.2) is 0 Å². The first kappa shape index (κ1) is 13.8. The Morgan fingerprint density at radius 2 is 2.00 bits per heavy atom. The lowest BCUT2D eigenvalue weighted by Gasteiger charge is -2.22. The van der Waals surface area contributed by atoms with Crippen molar-refractivity contribution in [3.8, 4) is 0 Å². The summed E-state index contributed by atoms with van der Waals surface area (Å²) in [7, 11) is 0. The number of nitrogens with one attached hydrogen (secondary N) is 1. The third kappa shape index (κ3) is 3.22. The molecule has 104 valence electrons. The summed E-state index contributed by atoms with van der Waals surface area (Å²) in [5, 5.41) is 3.38. The van der Waals surface area contributed by atoms with Crippen LogP contribution in [0.1, 0.15) is 13.8 Å². The first-order valence-corrected chi connectivity index (χ1v) is 6.91. The molecule has 2 aliphatic heterocycles. The second-order valence-electron chi connectivity index (χ2n) is 5.13. The van der Waals surface area contributed by atoms with Crippen LogP contribution in [0, 0.1) is 11.8 Å². The van der Waals surface area contributed by atoms with Crippen molar-refractivity contribution in [2.24, 2.45) is 11.8 Å². The molecule has 2 fully saturated rings. The molecule has 0 aromatic rings. The summed E-state index contributed by atoms with van der Waals surface area (Å²) in [6.07, 6.45) is -0.350. The van der Waals surface area contributed by atoms with Gasteiger partial charge in [-0.25, -0.2) is 0 Å². The molecule has 2 rings (SSSR count). The van der Waals surface area contributed by atoms with Crippen LogP contribution < -0.4 is 5.32 Å². The van der Waals surface area contributed by atoms with Gasteiger partial charge >= 0.3 is 0 Å².